The van der Waals surface area contributed by atoms with Crippen LogP contribution in [0.4, 0.5) is 0 Å². The van der Waals surface area contributed by atoms with Crippen molar-refractivity contribution in [1.82, 2.24) is 5.32 Å². The van der Waals surface area contributed by atoms with Crippen molar-refractivity contribution >= 4 is 11.7 Å². The molecule has 5 nitrogen and oxygen atoms in total. The molecule has 0 aromatic heterocycles. The normalized spacial score (nSPS) is 11.3. The first kappa shape index (κ1) is 13.7. The molecule has 1 rings (SSSR count). The molecule has 0 aliphatic carbocycles. The number of ketones is 1. The van der Waals surface area contributed by atoms with Crippen LogP contribution in [0.1, 0.15) is 12.5 Å². The summed E-state index contributed by atoms with van der Waals surface area (Å²) in [6.07, 6.45) is 0.572. The molecule has 1 amide bonds. The van der Waals surface area contributed by atoms with Gasteiger partial charge in [-0.2, -0.15) is 5.26 Å². The molecule has 18 heavy (non-hydrogen) atoms. The molecule has 0 saturated carbocycles. The highest BCUT2D eigenvalue weighted by Crippen LogP contribution is 2.09. The number of nitrogens with one attached hydrogen (secondary N) is 1. The molecule has 0 fully saturated rings. The number of phenols is 1. The Morgan fingerprint density at radius 3 is 2.50 bits per heavy atom. The van der Waals surface area contributed by atoms with Gasteiger partial charge in [-0.1, -0.05) is 12.1 Å². The van der Waals surface area contributed by atoms with Gasteiger partial charge in [0, 0.05) is 6.54 Å². The zero-order chi connectivity index (χ0) is 13.5. The summed E-state index contributed by atoms with van der Waals surface area (Å²) >= 11 is 0. The Kier molecular flexibility index (Phi) is 4.88. The highest BCUT2D eigenvalue weighted by molar-refractivity contribution is 6.02. The molecule has 1 atom stereocenters. The standard InChI is InChI=1S/C13H14N2O3/c1-9(16)12(8-14)13(18)15-7-6-10-2-4-11(17)5-3-10/h2-5,12,17H,6-7H2,1H3,(H,15,18). The average molecular weight is 246 g/mol. The molecule has 0 radical (unpaired) electrons. The van der Waals surface area contributed by atoms with Crippen LogP contribution in [-0.4, -0.2) is 23.3 Å². The van der Waals surface area contributed by atoms with Crippen LogP contribution in [-0.2, 0) is 16.0 Å². The smallest absolute Gasteiger partial charge is 0.244 e. The maximum absolute atomic E-state index is 11.5. The van der Waals surface area contributed by atoms with Gasteiger partial charge in [0.05, 0.1) is 6.07 Å². The number of phenolic OH excluding ortho intramolecular Hbond substituents is 1. The lowest BCUT2D eigenvalue weighted by molar-refractivity contribution is -0.130. The van der Waals surface area contributed by atoms with Crippen molar-refractivity contribution in [2.75, 3.05) is 6.54 Å². The van der Waals surface area contributed by atoms with Gasteiger partial charge in [0.1, 0.15) is 5.75 Å². The summed E-state index contributed by atoms with van der Waals surface area (Å²) in [4.78, 5) is 22.4. The number of nitrogens with zero attached hydrogens (tertiary/aromatic N) is 1. The number of amides is 1. The predicted molar refractivity (Wildman–Crippen MR) is 64.6 cm³/mol. The largest absolute Gasteiger partial charge is 0.508 e. The van der Waals surface area contributed by atoms with Crippen molar-refractivity contribution in [3.05, 3.63) is 29.8 Å². The summed E-state index contributed by atoms with van der Waals surface area (Å²) in [5, 5.41) is 20.3. The van der Waals surface area contributed by atoms with E-state index in [0.717, 1.165) is 5.56 Å². The zero-order valence-corrected chi connectivity index (χ0v) is 10.0. The third-order valence-electron chi connectivity index (χ3n) is 2.45. The highest BCUT2D eigenvalue weighted by Gasteiger charge is 2.21. The van der Waals surface area contributed by atoms with Gasteiger partial charge in [-0.15, -0.1) is 0 Å². The fourth-order valence-electron chi connectivity index (χ4n) is 1.43. The van der Waals surface area contributed by atoms with E-state index in [1.807, 2.05) is 0 Å². The van der Waals surface area contributed by atoms with E-state index >= 15 is 0 Å². The molecule has 94 valence electrons. The van der Waals surface area contributed by atoms with E-state index in [0.29, 0.717) is 13.0 Å². The summed E-state index contributed by atoms with van der Waals surface area (Å²) in [6.45, 7) is 1.56. The van der Waals surface area contributed by atoms with Gasteiger partial charge in [0.15, 0.2) is 11.7 Å². The number of aromatic hydroxyl groups is 1. The molecule has 0 aliphatic heterocycles. The van der Waals surface area contributed by atoms with E-state index in [4.69, 9.17) is 10.4 Å². The molecule has 5 heteroatoms. The van der Waals surface area contributed by atoms with Crippen LogP contribution < -0.4 is 5.32 Å². The quantitative estimate of drug-likeness (QED) is 0.751. The number of hydrogen-bond acceptors (Lipinski definition) is 4. The van der Waals surface area contributed by atoms with E-state index < -0.39 is 17.6 Å². The molecule has 2 N–H and O–H groups in total. The molecule has 0 spiro atoms. The van der Waals surface area contributed by atoms with Crippen molar-refractivity contribution in [1.29, 1.82) is 5.26 Å². The fraction of sp³-hybridized carbons (Fsp3) is 0.308. The van der Waals surface area contributed by atoms with Crippen LogP contribution in [0, 0.1) is 17.2 Å². The number of nitriles is 1. The van der Waals surface area contributed by atoms with Gasteiger partial charge < -0.3 is 10.4 Å². The number of benzene rings is 1. The Bertz CT molecular complexity index is 474. The van der Waals surface area contributed by atoms with Gasteiger partial charge in [0.25, 0.3) is 0 Å². The molecule has 1 aromatic rings. The minimum absolute atomic E-state index is 0.184. The SMILES string of the molecule is CC(=O)C(C#N)C(=O)NCCc1ccc(O)cc1. The van der Waals surface area contributed by atoms with Gasteiger partial charge >= 0.3 is 0 Å². The highest BCUT2D eigenvalue weighted by atomic mass is 16.3. The third kappa shape index (κ3) is 3.91. The van der Waals surface area contributed by atoms with Crippen molar-refractivity contribution in [2.24, 2.45) is 5.92 Å². The van der Waals surface area contributed by atoms with E-state index in [9.17, 15) is 9.59 Å². The summed E-state index contributed by atoms with van der Waals surface area (Å²) in [5.41, 5.74) is 0.949. The Labute approximate surface area is 105 Å². The van der Waals surface area contributed by atoms with Crippen LogP contribution in [0.15, 0.2) is 24.3 Å². The molecule has 1 aromatic carbocycles. The molecule has 0 heterocycles. The second-order valence-electron chi connectivity index (χ2n) is 3.88. The van der Waals surface area contributed by atoms with Crippen molar-refractivity contribution < 1.29 is 14.7 Å². The van der Waals surface area contributed by atoms with Crippen LogP contribution in [0.5, 0.6) is 5.75 Å². The lowest BCUT2D eigenvalue weighted by Gasteiger charge is -2.07. The van der Waals surface area contributed by atoms with E-state index in [2.05, 4.69) is 5.32 Å². The first-order valence-corrected chi connectivity index (χ1v) is 5.50. The molecular formula is C13H14N2O3. The Hall–Kier alpha value is -2.35. The number of rotatable bonds is 5. The topological polar surface area (TPSA) is 90.2 Å². The second-order valence-corrected chi connectivity index (χ2v) is 3.88. The van der Waals surface area contributed by atoms with Gasteiger partial charge in [0.2, 0.25) is 5.91 Å². The average Bonchev–Trinajstić information content (AvgIpc) is 2.32. The van der Waals surface area contributed by atoms with Crippen LogP contribution in [0.3, 0.4) is 0 Å². The Balaban J connectivity index is 2.42. The van der Waals surface area contributed by atoms with Crippen molar-refractivity contribution in [3.8, 4) is 11.8 Å². The minimum Gasteiger partial charge on any atom is -0.508 e. The lowest BCUT2D eigenvalue weighted by atomic mass is 10.1. The molecular weight excluding hydrogens is 232 g/mol. The Morgan fingerprint density at radius 2 is 2.00 bits per heavy atom. The molecule has 1 unspecified atom stereocenters. The van der Waals surface area contributed by atoms with E-state index in [1.165, 1.54) is 6.92 Å². The second kappa shape index (κ2) is 6.40. The third-order valence-corrected chi connectivity index (χ3v) is 2.45. The van der Waals surface area contributed by atoms with Gasteiger partial charge in [-0.05, 0) is 31.0 Å². The predicted octanol–water partition coefficient (Wildman–Crippen LogP) is 0.780. The zero-order valence-electron chi connectivity index (χ0n) is 10.0. The molecule has 0 bridgehead atoms. The Morgan fingerprint density at radius 1 is 1.39 bits per heavy atom. The number of carbonyl (C=O) groups is 2. The summed E-state index contributed by atoms with van der Waals surface area (Å²) in [6, 6.07) is 8.27. The number of carbonyl (C=O) groups excluding carboxylic acids is 2. The van der Waals surface area contributed by atoms with Crippen LogP contribution in [0.2, 0.25) is 0 Å². The minimum atomic E-state index is -1.23. The first-order chi connectivity index (χ1) is 8.54. The maximum atomic E-state index is 11.5. The summed E-state index contributed by atoms with van der Waals surface area (Å²) in [7, 11) is 0. The van der Waals surface area contributed by atoms with Crippen molar-refractivity contribution in [2.45, 2.75) is 13.3 Å². The van der Waals surface area contributed by atoms with Gasteiger partial charge in [-0.3, -0.25) is 9.59 Å². The number of hydrogen-bond donors (Lipinski definition) is 2. The van der Waals surface area contributed by atoms with E-state index in [1.54, 1.807) is 30.3 Å². The summed E-state index contributed by atoms with van der Waals surface area (Å²) in [5.74, 6) is -2.07. The maximum Gasteiger partial charge on any atom is 0.244 e. The fourth-order valence-corrected chi connectivity index (χ4v) is 1.43. The molecule has 0 saturated heterocycles. The molecule has 0 aliphatic rings. The lowest BCUT2D eigenvalue weighted by Crippen LogP contribution is -2.34. The van der Waals surface area contributed by atoms with Crippen LogP contribution >= 0.6 is 0 Å². The summed E-state index contributed by atoms with van der Waals surface area (Å²) < 4.78 is 0. The number of Topliss-reactive ketones (excluding diaryl/α,β-unsaturated/α-hetero) is 1. The van der Waals surface area contributed by atoms with Crippen molar-refractivity contribution in [3.63, 3.8) is 0 Å². The van der Waals surface area contributed by atoms with Crippen LogP contribution in [0.25, 0.3) is 0 Å². The van der Waals surface area contributed by atoms with E-state index in [-0.39, 0.29) is 5.75 Å². The van der Waals surface area contributed by atoms with Gasteiger partial charge in [-0.25, -0.2) is 0 Å². The monoisotopic (exact) mass is 246 g/mol. The first-order valence-electron chi connectivity index (χ1n) is 5.50.